The summed E-state index contributed by atoms with van der Waals surface area (Å²) in [5.41, 5.74) is 1.02. The van der Waals surface area contributed by atoms with Gasteiger partial charge in [-0.25, -0.2) is 14.4 Å². The van der Waals surface area contributed by atoms with Crippen molar-refractivity contribution >= 4 is 0 Å². The van der Waals surface area contributed by atoms with Crippen molar-refractivity contribution in [1.82, 2.24) is 19.7 Å². The summed E-state index contributed by atoms with van der Waals surface area (Å²) in [5, 5.41) is 2.76. The Morgan fingerprint density at radius 1 is 1.11 bits per heavy atom. The quantitative estimate of drug-likeness (QED) is 0.759. The Balaban J connectivity index is 2.09. The van der Waals surface area contributed by atoms with Gasteiger partial charge >= 0.3 is 0 Å². The molecule has 0 saturated heterocycles. The van der Waals surface area contributed by atoms with Gasteiger partial charge < -0.3 is 0 Å². The Morgan fingerprint density at radius 2 is 1.79 bits per heavy atom. The highest BCUT2D eigenvalue weighted by Crippen LogP contribution is 2.13. The van der Waals surface area contributed by atoms with Crippen LogP contribution < -0.4 is 5.56 Å². The summed E-state index contributed by atoms with van der Waals surface area (Å²) >= 11 is 0. The average Bonchev–Trinajstić information content (AvgIpc) is 2.83. The first kappa shape index (κ1) is 11.3. The van der Waals surface area contributed by atoms with Crippen molar-refractivity contribution in [1.29, 1.82) is 0 Å². The minimum atomic E-state index is -0.549. The van der Waals surface area contributed by atoms with Gasteiger partial charge in [-0.3, -0.25) is 9.89 Å². The number of aromatic amines is 1. The zero-order chi connectivity index (χ0) is 13.2. The number of H-pyrrole nitrogens is 1. The molecule has 2 aromatic heterocycles. The van der Waals surface area contributed by atoms with Crippen LogP contribution in [0.1, 0.15) is 0 Å². The Morgan fingerprint density at radius 3 is 2.47 bits per heavy atom. The summed E-state index contributed by atoms with van der Waals surface area (Å²) in [7, 11) is 0. The van der Waals surface area contributed by atoms with Crippen molar-refractivity contribution in [2.75, 3.05) is 0 Å². The second kappa shape index (κ2) is 4.49. The first-order valence-electron chi connectivity index (χ1n) is 5.59. The molecule has 1 aromatic carbocycles. The van der Waals surface area contributed by atoms with Crippen LogP contribution in [0.4, 0.5) is 4.39 Å². The molecule has 0 aliphatic carbocycles. The maximum absolute atomic E-state index is 12.8. The van der Waals surface area contributed by atoms with Crippen LogP contribution >= 0.6 is 0 Å². The van der Waals surface area contributed by atoms with Crippen LogP contribution in [0, 0.1) is 5.82 Å². The maximum Gasteiger partial charge on any atom is 0.281 e. The van der Waals surface area contributed by atoms with Gasteiger partial charge in [0.1, 0.15) is 0 Å². The highest BCUT2D eigenvalue weighted by atomic mass is 19.1. The minimum Gasteiger partial charge on any atom is -0.295 e. The van der Waals surface area contributed by atoms with Gasteiger partial charge in [-0.15, -0.1) is 0 Å². The zero-order valence-electron chi connectivity index (χ0n) is 9.75. The maximum atomic E-state index is 12.8. The Hall–Kier alpha value is -2.76. The molecule has 0 bridgehead atoms. The van der Waals surface area contributed by atoms with Gasteiger partial charge in [-0.2, -0.15) is 4.68 Å². The molecular formula is C13H9FN4O. The van der Waals surface area contributed by atoms with Crippen molar-refractivity contribution in [3.8, 4) is 17.1 Å². The SMILES string of the molecule is O=c1c(-c2ccccc2)c[nH]n1-c1ncc(F)cn1. The molecule has 0 saturated carbocycles. The Kier molecular flexibility index (Phi) is 2.68. The lowest BCUT2D eigenvalue weighted by Crippen LogP contribution is -2.18. The molecule has 0 amide bonds. The van der Waals surface area contributed by atoms with Gasteiger partial charge in [0.15, 0.2) is 5.82 Å². The van der Waals surface area contributed by atoms with Gasteiger partial charge in [-0.1, -0.05) is 30.3 Å². The van der Waals surface area contributed by atoms with E-state index in [1.165, 1.54) is 4.68 Å². The molecule has 19 heavy (non-hydrogen) atoms. The zero-order valence-corrected chi connectivity index (χ0v) is 9.75. The van der Waals surface area contributed by atoms with E-state index >= 15 is 0 Å². The van der Waals surface area contributed by atoms with Gasteiger partial charge in [0, 0.05) is 6.20 Å². The normalized spacial score (nSPS) is 10.6. The van der Waals surface area contributed by atoms with Gasteiger partial charge in [0.25, 0.3) is 11.5 Å². The molecule has 0 atom stereocenters. The van der Waals surface area contributed by atoms with E-state index < -0.39 is 5.82 Å². The lowest BCUT2D eigenvalue weighted by molar-refractivity contribution is 0.608. The van der Waals surface area contributed by atoms with Gasteiger partial charge in [0.2, 0.25) is 0 Å². The molecule has 0 unspecified atom stereocenters. The third-order valence-electron chi connectivity index (χ3n) is 2.66. The number of nitrogens with one attached hydrogen (secondary N) is 1. The monoisotopic (exact) mass is 256 g/mol. The molecule has 0 fully saturated rings. The Bertz CT molecular complexity index is 746. The predicted octanol–water partition coefficient (Wildman–Crippen LogP) is 1.76. The topological polar surface area (TPSA) is 63.6 Å². The molecule has 1 N–H and O–H groups in total. The molecule has 2 heterocycles. The van der Waals surface area contributed by atoms with Crippen molar-refractivity contribution in [3.05, 3.63) is 65.1 Å². The predicted molar refractivity (Wildman–Crippen MR) is 67.4 cm³/mol. The van der Waals surface area contributed by atoms with Crippen molar-refractivity contribution in [3.63, 3.8) is 0 Å². The van der Waals surface area contributed by atoms with Gasteiger partial charge in [-0.05, 0) is 5.56 Å². The first-order chi connectivity index (χ1) is 9.25. The Labute approximate surface area is 107 Å². The fraction of sp³-hybridized carbons (Fsp3) is 0. The lowest BCUT2D eigenvalue weighted by Gasteiger charge is -1.98. The van der Waals surface area contributed by atoms with Crippen LogP contribution in [-0.2, 0) is 0 Å². The van der Waals surface area contributed by atoms with E-state index in [4.69, 9.17) is 0 Å². The number of halogens is 1. The van der Waals surface area contributed by atoms with Crippen LogP contribution in [0.3, 0.4) is 0 Å². The van der Waals surface area contributed by atoms with Crippen LogP contribution in [-0.4, -0.2) is 19.7 Å². The molecular weight excluding hydrogens is 247 g/mol. The van der Waals surface area contributed by atoms with E-state index in [-0.39, 0.29) is 11.5 Å². The fourth-order valence-electron chi connectivity index (χ4n) is 1.76. The van der Waals surface area contributed by atoms with E-state index in [2.05, 4.69) is 15.1 Å². The van der Waals surface area contributed by atoms with Gasteiger partial charge in [0.05, 0.1) is 18.0 Å². The number of hydrogen-bond donors (Lipinski definition) is 1. The summed E-state index contributed by atoms with van der Waals surface area (Å²) in [6, 6.07) is 9.24. The molecule has 3 aromatic rings. The fourth-order valence-corrected chi connectivity index (χ4v) is 1.76. The minimum absolute atomic E-state index is 0.105. The molecule has 94 valence electrons. The van der Waals surface area contributed by atoms with Crippen LogP contribution in [0.2, 0.25) is 0 Å². The summed E-state index contributed by atoms with van der Waals surface area (Å²) in [4.78, 5) is 19.7. The first-order valence-corrected chi connectivity index (χ1v) is 5.59. The highest BCUT2D eigenvalue weighted by Gasteiger charge is 2.11. The highest BCUT2D eigenvalue weighted by molar-refractivity contribution is 5.61. The molecule has 0 aliphatic heterocycles. The number of aromatic nitrogens is 4. The molecule has 3 rings (SSSR count). The smallest absolute Gasteiger partial charge is 0.281 e. The van der Waals surface area contributed by atoms with E-state index in [1.807, 2.05) is 30.3 Å². The molecule has 0 aliphatic rings. The van der Waals surface area contributed by atoms with Crippen molar-refractivity contribution < 1.29 is 4.39 Å². The largest absolute Gasteiger partial charge is 0.295 e. The third-order valence-corrected chi connectivity index (χ3v) is 2.66. The van der Waals surface area contributed by atoms with E-state index in [1.54, 1.807) is 6.20 Å². The summed E-state index contributed by atoms with van der Waals surface area (Å²) < 4.78 is 13.9. The lowest BCUT2D eigenvalue weighted by atomic mass is 10.1. The summed E-state index contributed by atoms with van der Waals surface area (Å²) in [6.45, 7) is 0. The third kappa shape index (κ3) is 2.03. The standard InChI is InChI=1S/C13H9FN4O/c14-10-6-15-13(16-7-10)18-12(19)11(8-17-18)9-4-2-1-3-5-9/h1-8,17H. The van der Waals surface area contributed by atoms with Crippen LogP contribution in [0.25, 0.3) is 17.1 Å². The molecule has 6 heteroatoms. The van der Waals surface area contributed by atoms with Crippen LogP contribution in [0.15, 0.2) is 53.7 Å². The molecule has 5 nitrogen and oxygen atoms in total. The second-order valence-electron chi connectivity index (χ2n) is 3.89. The second-order valence-corrected chi connectivity index (χ2v) is 3.89. The van der Waals surface area contributed by atoms with E-state index in [9.17, 15) is 9.18 Å². The summed E-state index contributed by atoms with van der Waals surface area (Å²) in [5.74, 6) is -0.444. The van der Waals surface area contributed by atoms with E-state index in [0.29, 0.717) is 5.56 Å². The number of hydrogen-bond acceptors (Lipinski definition) is 3. The molecule has 0 spiro atoms. The molecule has 0 radical (unpaired) electrons. The van der Waals surface area contributed by atoms with Crippen molar-refractivity contribution in [2.24, 2.45) is 0 Å². The number of nitrogens with zero attached hydrogens (tertiary/aromatic N) is 3. The van der Waals surface area contributed by atoms with Crippen LogP contribution in [0.5, 0.6) is 0 Å². The number of benzene rings is 1. The van der Waals surface area contributed by atoms with Crippen molar-refractivity contribution in [2.45, 2.75) is 0 Å². The average molecular weight is 256 g/mol. The summed E-state index contributed by atoms with van der Waals surface area (Å²) in [6.07, 6.45) is 3.60. The van der Waals surface area contributed by atoms with E-state index in [0.717, 1.165) is 18.0 Å². The number of rotatable bonds is 2.